The van der Waals surface area contributed by atoms with E-state index in [1.54, 1.807) is 18.2 Å². The first-order valence-electron chi connectivity index (χ1n) is 9.56. The largest absolute Gasteiger partial charge is 0.379 e. The number of hydrogen-bond donors (Lipinski definition) is 1. The number of nitrogens with one attached hydrogen (secondary N) is 1. The van der Waals surface area contributed by atoms with Crippen molar-refractivity contribution in [3.8, 4) is 0 Å². The molecule has 3 rings (SSSR count). The summed E-state index contributed by atoms with van der Waals surface area (Å²) in [6, 6.07) is 4.98. The second-order valence-electron chi connectivity index (χ2n) is 7.03. The molecule has 2 saturated heterocycles. The molecule has 0 aromatic heterocycles. The van der Waals surface area contributed by atoms with Crippen molar-refractivity contribution in [1.29, 1.82) is 0 Å². The zero-order chi connectivity index (χ0) is 19.9. The Hall–Kier alpha value is -1.38. The molecule has 9 heteroatoms. The van der Waals surface area contributed by atoms with Gasteiger partial charge >= 0.3 is 0 Å². The van der Waals surface area contributed by atoms with E-state index in [0.717, 1.165) is 26.2 Å². The topological polar surface area (TPSA) is 65.1 Å². The molecule has 0 aliphatic carbocycles. The van der Waals surface area contributed by atoms with E-state index in [-0.39, 0.29) is 11.8 Å². The number of carbonyl (C=O) groups excluding carboxylic acids is 2. The zero-order valence-electron chi connectivity index (χ0n) is 15.8. The number of anilines is 1. The highest BCUT2D eigenvalue weighted by Crippen LogP contribution is 2.25. The molecule has 0 unspecified atom stereocenters. The van der Waals surface area contributed by atoms with Crippen LogP contribution >= 0.6 is 23.2 Å². The summed E-state index contributed by atoms with van der Waals surface area (Å²) in [7, 11) is 0. The predicted molar refractivity (Wildman–Crippen MR) is 110 cm³/mol. The van der Waals surface area contributed by atoms with Gasteiger partial charge in [-0.15, -0.1) is 0 Å². The van der Waals surface area contributed by atoms with Gasteiger partial charge in [0.05, 0.1) is 30.5 Å². The summed E-state index contributed by atoms with van der Waals surface area (Å²) in [6.45, 7) is 7.10. The monoisotopic (exact) mass is 428 g/mol. The molecule has 0 saturated carbocycles. The van der Waals surface area contributed by atoms with Crippen molar-refractivity contribution in [3.63, 3.8) is 0 Å². The zero-order valence-corrected chi connectivity index (χ0v) is 17.3. The Balaban J connectivity index is 1.36. The van der Waals surface area contributed by atoms with Crippen LogP contribution in [-0.4, -0.2) is 92.1 Å². The van der Waals surface area contributed by atoms with Crippen LogP contribution in [0.4, 0.5) is 5.69 Å². The number of ether oxygens (including phenoxy) is 1. The van der Waals surface area contributed by atoms with Crippen LogP contribution in [0.15, 0.2) is 18.2 Å². The van der Waals surface area contributed by atoms with Gasteiger partial charge in [-0.2, -0.15) is 0 Å². The smallest absolute Gasteiger partial charge is 0.236 e. The molecule has 1 aromatic carbocycles. The fourth-order valence-corrected chi connectivity index (χ4v) is 3.67. The van der Waals surface area contributed by atoms with E-state index < -0.39 is 0 Å². The number of amides is 2. The van der Waals surface area contributed by atoms with Crippen LogP contribution in [0.1, 0.15) is 6.42 Å². The first kappa shape index (κ1) is 21.3. The minimum Gasteiger partial charge on any atom is -0.379 e. The van der Waals surface area contributed by atoms with Crippen LogP contribution in [0.3, 0.4) is 0 Å². The maximum atomic E-state index is 12.4. The number of nitrogens with zero attached hydrogens (tertiary/aromatic N) is 3. The number of benzene rings is 1. The lowest BCUT2D eigenvalue weighted by atomic mass is 10.2. The van der Waals surface area contributed by atoms with Crippen molar-refractivity contribution in [3.05, 3.63) is 28.2 Å². The number of morpholine rings is 1. The van der Waals surface area contributed by atoms with Crippen molar-refractivity contribution in [2.75, 3.05) is 70.9 Å². The summed E-state index contributed by atoms with van der Waals surface area (Å²) in [5.41, 5.74) is 0.526. The van der Waals surface area contributed by atoms with E-state index in [9.17, 15) is 9.59 Å². The number of hydrogen-bond acceptors (Lipinski definition) is 5. The van der Waals surface area contributed by atoms with Crippen molar-refractivity contribution < 1.29 is 14.3 Å². The van der Waals surface area contributed by atoms with E-state index in [4.69, 9.17) is 27.9 Å². The molecular weight excluding hydrogens is 403 g/mol. The summed E-state index contributed by atoms with van der Waals surface area (Å²) < 4.78 is 5.32. The minimum absolute atomic E-state index is 0.102. The lowest BCUT2D eigenvalue weighted by Gasteiger charge is -2.36. The van der Waals surface area contributed by atoms with Crippen molar-refractivity contribution in [2.24, 2.45) is 0 Å². The van der Waals surface area contributed by atoms with Crippen LogP contribution in [0.2, 0.25) is 10.0 Å². The summed E-state index contributed by atoms with van der Waals surface area (Å²) >= 11 is 12.0. The Morgan fingerprint density at radius 1 is 1.00 bits per heavy atom. The van der Waals surface area contributed by atoms with E-state index in [1.807, 2.05) is 4.90 Å². The predicted octanol–water partition coefficient (Wildman–Crippen LogP) is 1.80. The summed E-state index contributed by atoms with van der Waals surface area (Å²) in [5, 5.41) is 3.79. The molecule has 2 fully saturated rings. The summed E-state index contributed by atoms with van der Waals surface area (Å²) in [6.07, 6.45) is 0.366. The molecule has 2 amide bonds. The van der Waals surface area contributed by atoms with Gasteiger partial charge in [-0.25, -0.2) is 0 Å². The third kappa shape index (κ3) is 6.32. The molecule has 0 radical (unpaired) electrons. The van der Waals surface area contributed by atoms with E-state index >= 15 is 0 Å². The normalized spacial score (nSPS) is 18.9. The number of halogens is 2. The molecule has 1 N–H and O–H groups in total. The standard InChI is InChI=1S/C19H26Cl2N4O3/c20-15-1-2-16(21)17(13-15)22-18(26)3-4-23-5-7-25(8-6-23)19(27)14-24-9-11-28-12-10-24/h1-2,13H,3-12,14H2,(H,22,26). The molecule has 0 bridgehead atoms. The fourth-order valence-electron chi connectivity index (χ4n) is 3.34. The van der Waals surface area contributed by atoms with Crippen LogP contribution in [0.5, 0.6) is 0 Å². The number of piperazine rings is 1. The SMILES string of the molecule is O=C(CCN1CCN(C(=O)CN2CCOCC2)CC1)Nc1cc(Cl)ccc1Cl. The van der Waals surface area contributed by atoms with Crippen LogP contribution in [-0.2, 0) is 14.3 Å². The maximum Gasteiger partial charge on any atom is 0.236 e. The van der Waals surface area contributed by atoms with Gasteiger partial charge in [0.2, 0.25) is 11.8 Å². The van der Waals surface area contributed by atoms with Gasteiger partial charge in [0.1, 0.15) is 0 Å². The molecule has 0 spiro atoms. The molecule has 0 atom stereocenters. The molecule has 2 heterocycles. The average molecular weight is 429 g/mol. The molecule has 154 valence electrons. The lowest BCUT2D eigenvalue weighted by Crippen LogP contribution is -2.52. The minimum atomic E-state index is -0.102. The van der Waals surface area contributed by atoms with Crippen LogP contribution in [0.25, 0.3) is 0 Å². The van der Waals surface area contributed by atoms with Gasteiger partial charge in [-0.1, -0.05) is 23.2 Å². The highest BCUT2D eigenvalue weighted by atomic mass is 35.5. The first-order chi connectivity index (χ1) is 13.5. The molecule has 28 heavy (non-hydrogen) atoms. The second kappa shape index (κ2) is 10.4. The Morgan fingerprint density at radius 2 is 1.71 bits per heavy atom. The summed E-state index contributed by atoms with van der Waals surface area (Å²) in [4.78, 5) is 30.9. The number of rotatable bonds is 6. The van der Waals surface area contributed by atoms with Crippen LogP contribution < -0.4 is 5.32 Å². The van der Waals surface area contributed by atoms with Gasteiger partial charge in [-0.05, 0) is 18.2 Å². The highest BCUT2D eigenvalue weighted by molar-refractivity contribution is 6.35. The average Bonchev–Trinajstić information content (AvgIpc) is 2.70. The fraction of sp³-hybridized carbons (Fsp3) is 0.579. The highest BCUT2D eigenvalue weighted by Gasteiger charge is 2.23. The van der Waals surface area contributed by atoms with E-state index in [2.05, 4.69) is 15.1 Å². The van der Waals surface area contributed by atoms with Gasteiger partial charge in [-0.3, -0.25) is 19.4 Å². The molecule has 7 nitrogen and oxygen atoms in total. The Kier molecular flexibility index (Phi) is 7.93. The Morgan fingerprint density at radius 3 is 2.43 bits per heavy atom. The first-order valence-corrected chi connectivity index (χ1v) is 10.3. The summed E-state index contributed by atoms with van der Waals surface area (Å²) in [5.74, 6) is 0.0740. The Bertz CT molecular complexity index is 690. The molecule has 2 aliphatic heterocycles. The quantitative estimate of drug-likeness (QED) is 0.747. The van der Waals surface area contributed by atoms with E-state index in [1.165, 1.54) is 0 Å². The Labute approximate surface area is 175 Å². The molecule has 2 aliphatic rings. The molecular formula is C19H26Cl2N4O3. The van der Waals surface area contributed by atoms with Gasteiger partial charge < -0.3 is 15.0 Å². The van der Waals surface area contributed by atoms with Gasteiger partial charge in [0.25, 0.3) is 0 Å². The van der Waals surface area contributed by atoms with Gasteiger partial charge in [0.15, 0.2) is 0 Å². The third-order valence-electron chi connectivity index (χ3n) is 5.05. The number of carbonyl (C=O) groups is 2. The third-order valence-corrected chi connectivity index (χ3v) is 5.61. The molecule has 1 aromatic rings. The van der Waals surface area contributed by atoms with Gasteiger partial charge in [0, 0.05) is 57.3 Å². The van der Waals surface area contributed by atoms with Crippen molar-refractivity contribution in [2.45, 2.75) is 6.42 Å². The van der Waals surface area contributed by atoms with Crippen LogP contribution in [0, 0.1) is 0 Å². The van der Waals surface area contributed by atoms with Crippen molar-refractivity contribution in [1.82, 2.24) is 14.7 Å². The maximum absolute atomic E-state index is 12.4. The van der Waals surface area contributed by atoms with E-state index in [0.29, 0.717) is 61.5 Å². The van der Waals surface area contributed by atoms with Crippen molar-refractivity contribution >= 4 is 40.7 Å². The second-order valence-corrected chi connectivity index (χ2v) is 7.88. The lowest BCUT2D eigenvalue weighted by molar-refractivity contribution is -0.135.